The summed E-state index contributed by atoms with van der Waals surface area (Å²) in [5, 5.41) is 7.46. The number of halogens is 2. The van der Waals surface area contributed by atoms with Crippen molar-refractivity contribution in [2.24, 2.45) is 0 Å². The molecule has 1 aromatic carbocycles. The highest BCUT2D eigenvalue weighted by molar-refractivity contribution is 5.98. The van der Waals surface area contributed by atoms with Crippen molar-refractivity contribution in [1.29, 1.82) is 0 Å². The third-order valence-corrected chi connectivity index (χ3v) is 3.14. The molecule has 7 heteroatoms. The van der Waals surface area contributed by atoms with Gasteiger partial charge in [0.05, 0.1) is 0 Å². The lowest BCUT2D eigenvalue weighted by atomic mass is 10.1. The van der Waals surface area contributed by atoms with Crippen LogP contribution in [0.5, 0.6) is 0 Å². The maximum atomic E-state index is 13.6. The molecule has 0 radical (unpaired) electrons. The number of hydrogen-bond acceptors (Lipinski definition) is 3. The van der Waals surface area contributed by atoms with Crippen LogP contribution in [0.3, 0.4) is 0 Å². The lowest BCUT2D eigenvalue weighted by molar-refractivity contribution is -0.124. The first-order valence-corrected chi connectivity index (χ1v) is 6.28. The van der Waals surface area contributed by atoms with Crippen LogP contribution in [0.15, 0.2) is 12.1 Å². The lowest BCUT2D eigenvalue weighted by Crippen LogP contribution is -2.50. The molecule has 1 heterocycles. The van der Waals surface area contributed by atoms with E-state index in [2.05, 4.69) is 16.0 Å². The zero-order chi connectivity index (χ0) is 14.7. The van der Waals surface area contributed by atoms with Gasteiger partial charge in [0.2, 0.25) is 5.91 Å². The summed E-state index contributed by atoms with van der Waals surface area (Å²) < 4.78 is 27.1. The van der Waals surface area contributed by atoms with Crippen LogP contribution in [0.1, 0.15) is 23.2 Å². The van der Waals surface area contributed by atoms with Gasteiger partial charge < -0.3 is 16.0 Å². The van der Waals surface area contributed by atoms with Gasteiger partial charge in [0.1, 0.15) is 23.4 Å². The molecule has 20 heavy (non-hydrogen) atoms. The van der Waals surface area contributed by atoms with E-state index < -0.39 is 23.6 Å². The number of hydrogen-bond donors (Lipinski definition) is 3. The lowest BCUT2D eigenvalue weighted by Gasteiger charge is -2.22. The Morgan fingerprint density at radius 3 is 2.55 bits per heavy atom. The summed E-state index contributed by atoms with van der Waals surface area (Å²) in [6, 6.07) is 1.21. The number of anilines is 1. The highest BCUT2D eigenvalue weighted by Gasteiger charge is 2.24. The normalized spacial score (nSPS) is 18.4. The van der Waals surface area contributed by atoms with Gasteiger partial charge in [-0.05, 0) is 25.0 Å². The van der Waals surface area contributed by atoms with Gasteiger partial charge >= 0.3 is 0 Å². The van der Waals surface area contributed by atoms with Crippen molar-refractivity contribution in [1.82, 2.24) is 10.6 Å². The highest BCUT2D eigenvalue weighted by atomic mass is 19.1. The Bertz CT molecular complexity index is 525. The molecule has 1 aliphatic rings. The van der Waals surface area contributed by atoms with Crippen molar-refractivity contribution in [2.45, 2.75) is 18.9 Å². The van der Waals surface area contributed by atoms with Crippen molar-refractivity contribution in [3.8, 4) is 0 Å². The predicted molar refractivity (Wildman–Crippen MR) is 69.4 cm³/mol. The molecule has 1 saturated heterocycles. The minimum absolute atomic E-state index is 0.155. The van der Waals surface area contributed by atoms with Crippen molar-refractivity contribution >= 4 is 17.5 Å². The number of piperidine rings is 1. The zero-order valence-corrected chi connectivity index (χ0v) is 10.9. The summed E-state index contributed by atoms with van der Waals surface area (Å²) in [6.45, 7) is 0.575. The van der Waals surface area contributed by atoms with E-state index in [4.69, 9.17) is 0 Å². The average Bonchev–Trinajstić information content (AvgIpc) is 2.41. The molecule has 2 amide bonds. The quantitative estimate of drug-likeness (QED) is 0.775. The minimum atomic E-state index is -0.856. The molecule has 0 bridgehead atoms. The zero-order valence-electron chi connectivity index (χ0n) is 10.9. The average molecular weight is 283 g/mol. The van der Waals surface area contributed by atoms with Crippen LogP contribution in [0.25, 0.3) is 0 Å². The second-order valence-electron chi connectivity index (χ2n) is 4.52. The Hall–Kier alpha value is -2.18. The molecule has 1 atom stereocenters. The number of carbonyl (C=O) groups excluding carboxylic acids is 2. The first-order valence-electron chi connectivity index (χ1n) is 6.28. The van der Waals surface area contributed by atoms with Gasteiger partial charge in [-0.3, -0.25) is 9.59 Å². The van der Waals surface area contributed by atoms with Crippen LogP contribution in [0.2, 0.25) is 0 Å². The van der Waals surface area contributed by atoms with Crippen LogP contribution < -0.4 is 16.0 Å². The molecule has 5 nitrogen and oxygen atoms in total. The molecule has 0 aromatic heterocycles. The fourth-order valence-electron chi connectivity index (χ4n) is 2.09. The first-order chi connectivity index (χ1) is 9.52. The SMILES string of the molecule is CNc1c(F)cc(C(=O)NC2CCCNC2=O)cc1F. The van der Waals surface area contributed by atoms with E-state index in [9.17, 15) is 18.4 Å². The maximum Gasteiger partial charge on any atom is 0.252 e. The predicted octanol–water partition coefficient (Wildman–Crippen LogP) is 1.01. The molecule has 1 aliphatic heterocycles. The van der Waals surface area contributed by atoms with Crippen LogP contribution >= 0.6 is 0 Å². The Labute approximate surface area is 114 Å². The smallest absolute Gasteiger partial charge is 0.252 e. The Kier molecular flexibility index (Phi) is 4.16. The van der Waals surface area contributed by atoms with Crippen LogP contribution in [-0.4, -0.2) is 31.4 Å². The second-order valence-corrected chi connectivity index (χ2v) is 4.52. The Balaban J connectivity index is 2.15. The molecular weight excluding hydrogens is 268 g/mol. The van der Waals surface area contributed by atoms with Crippen molar-refractivity contribution in [2.75, 3.05) is 18.9 Å². The summed E-state index contributed by atoms with van der Waals surface area (Å²) >= 11 is 0. The van der Waals surface area contributed by atoms with Crippen molar-refractivity contribution in [3.05, 3.63) is 29.3 Å². The standard InChI is InChI=1S/C13H15F2N3O2/c1-16-11-8(14)5-7(6-9(11)15)12(19)18-10-3-2-4-17-13(10)20/h5-6,10,16H,2-4H2,1H3,(H,17,20)(H,18,19). The van der Waals surface area contributed by atoms with Crippen molar-refractivity contribution < 1.29 is 18.4 Å². The van der Waals surface area contributed by atoms with Crippen molar-refractivity contribution in [3.63, 3.8) is 0 Å². The molecule has 1 aromatic rings. The molecule has 1 unspecified atom stereocenters. The molecule has 1 fully saturated rings. The molecule has 0 aliphatic carbocycles. The van der Waals surface area contributed by atoms with Gasteiger partial charge in [0.25, 0.3) is 5.91 Å². The highest BCUT2D eigenvalue weighted by Crippen LogP contribution is 2.20. The number of benzene rings is 1. The van der Waals surface area contributed by atoms with Crippen LogP contribution in [0, 0.1) is 11.6 Å². The van der Waals surface area contributed by atoms with E-state index in [0.29, 0.717) is 13.0 Å². The number of carbonyl (C=O) groups is 2. The third kappa shape index (κ3) is 2.87. The number of nitrogens with one attached hydrogen (secondary N) is 3. The molecule has 0 saturated carbocycles. The van der Waals surface area contributed by atoms with Gasteiger partial charge in [0.15, 0.2) is 0 Å². The van der Waals surface area contributed by atoms with E-state index in [0.717, 1.165) is 18.6 Å². The summed E-state index contributed by atoms with van der Waals surface area (Å²) in [7, 11) is 1.38. The van der Waals surface area contributed by atoms with Gasteiger partial charge in [0, 0.05) is 19.2 Å². The minimum Gasteiger partial charge on any atom is -0.383 e. The van der Waals surface area contributed by atoms with E-state index in [1.54, 1.807) is 0 Å². The summed E-state index contributed by atoms with van der Waals surface area (Å²) in [4.78, 5) is 23.4. The Morgan fingerprint density at radius 1 is 1.35 bits per heavy atom. The van der Waals surface area contributed by atoms with Gasteiger partial charge in [-0.15, -0.1) is 0 Å². The molecule has 108 valence electrons. The van der Waals surface area contributed by atoms with Crippen LogP contribution in [0.4, 0.5) is 14.5 Å². The van der Waals surface area contributed by atoms with Gasteiger partial charge in [-0.25, -0.2) is 8.78 Å². The number of rotatable bonds is 3. The Morgan fingerprint density at radius 2 is 2.00 bits per heavy atom. The molecule has 3 N–H and O–H groups in total. The molecule has 0 spiro atoms. The second kappa shape index (κ2) is 5.85. The fraction of sp³-hybridized carbons (Fsp3) is 0.385. The summed E-state index contributed by atoms with van der Waals surface area (Å²) in [6.07, 6.45) is 1.26. The van der Waals surface area contributed by atoms with Gasteiger partial charge in [-0.2, -0.15) is 0 Å². The van der Waals surface area contributed by atoms with E-state index in [-0.39, 0.29) is 17.2 Å². The van der Waals surface area contributed by atoms with Gasteiger partial charge in [-0.1, -0.05) is 0 Å². The number of amides is 2. The molecule has 2 rings (SSSR count). The third-order valence-electron chi connectivity index (χ3n) is 3.14. The van der Waals surface area contributed by atoms with E-state index >= 15 is 0 Å². The monoisotopic (exact) mass is 283 g/mol. The summed E-state index contributed by atoms with van der Waals surface area (Å²) in [5.41, 5.74) is -0.450. The first kappa shape index (κ1) is 14.2. The maximum absolute atomic E-state index is 13.6. The van der Waals surface area contributed by atoms with E-state index in [1.165, 1.54) is 7.05 Å². The fourth-order valence-corrected chi connectivity index (χ4v) is 2.09. The topological polar surface area (TPSA) is 70.2 Å². The van der Waals surface area contributed by atoms with E-state index in [1.807, 2.05) is 0 Å². The summed E-state index contributed by atoms with van der Waals surface area (Å²) in [5.74, 6) is -2.67. The van der Waals surface area contributed by atoms with Crippen LogP contribution in [-0.2, 0) is 4.79 Å². The molecular formula is C13H15F2N3O2. The largest absolute Gasteiger partial charge is 0.383 e.